The number of anilines is 1. The van der Waals surface area contributed by atoms with Crippen molar-refractivity contribution in [2.24, 2.45) is 0 Å². The number of carbonyl (C=O) groups is 1. The second-order valence-corrected chi connectivity index (χ2v) is 6.29. The lowest BCUT2D eigenvalue weighted by Crippen LogP contribution is -2.05. The highest BCUT2D eigenvalue weighted by molar-refractivity contribution is 9.10. The zero-order valence-electron chi connectivity index (χ0n) is 11.7. The summed E-state index contributed by atoms with van der Waals surface area (Å²) in [5, 5.41) is 0. The van der Waals surface area contributed by atoms with Gasteiger partial charge in [-0.25, -0.2) is 9.18 Å². The maximum atomic E-state index is 14.1. The van der Waals surface area contributed by atoms with Gasteiger partial charge in [0.15, 0.2) is 0 Å². The molecule has 0 saturated carbocycles. The minimum Gasteiger partial charge on any atom is -0.462 e. The molecule has 1 aromatic heterocycles. The van der Waals surface area contributed by atoms with Crippen LogP contribution in [0.5, 0.6) is 0 Å². The molecule has 112 valence electrons. The second kappa shape index (κ2) is 6.58. The Hall–Kier alpha value is -1.40. The first-order valence-electron chi connectivity index (χ1n) is 6.53. The van der Waals surface area contributed by atoms with E-state index < -0.39 is 5.97 Å². The summed E-state index contributed by atoms with van der Waals surface area (Å²) in [5.74, 6) is -0.805. The third-order valence-corrected chi connectivity index (χ3v) is 4.79. The normalized spacial score (nSPS) is 10.7. The molecule has 2 aromatic rings. The van der Waals surface area contributed by atoms with Crippen molar-refractivity contribution in [3.05, 3.63) is 38.9 Å². The Morgan fingerprint density at radius 3 is 2.76 bits per heavy atom. The topological polar surface area (TPSA) is 52.3 Å². The fourth-order valence-corrected chi connectivity index (χ4v) is 3.65. The molecule has 0 atom stereocenters. The minimum atomic E-state index is -0.462. The van der Waals surface area contributed by atoms with E-state index in [-0.39, 0.29) is 12.4 Å². The second-order valence-electron chi connectivity index (χ2n) is 4.35. The number of thiophene rings is 1. The molecule has 0 radical (unpaired) electrons. The number of hydrogen-bond acceptors (Lipinski definition) is 4. The number of hydrogen-bond donors (Lipinski definition) is 1. The van der Waals surface area contributed by atoms with Gasteiger partial charge in [-0.15, -0.1) is 11.3 Å². The number of esters is 1. The first kappa shape index (κ1) is 16.0. The van der Waals surface area contributed by atoms with Crippen LogP contribution in [-0.2, 0) is 11.2 Å². The number of nitrogen functional groups attached to an aromatic ring is 1. The average Bonchev–Trinajstić information content (AvgIpc) is 2.78. The van der Waals surface area contributed by atoms with Crippen LogP contribution in [0.4, 0.5) is 10.1 Å². The first-order valence-corrected chi connectivity index (χ1v) is 8.14. The third kappa shape index (κ3) is 3.11. The van der Waals surface area contributed by atoms with E-state index in [1.54, 1.807) is 19.1 Å². The summed E-state index contributed by atoms with van der Waals surface area (Å²) in [6.07, 6.45) is 0.614. The van der Waals surface area contributed by atoms with Crippen molar-refractivity contribution in [1.29, 1.82) is 0 Å². The molecular weight excluding hydrogens is 357 g/mol. The molecule has 21 heavy (non-hydrogen) atoms. The molecule has 1 heterocycles. The third-order valence-electron chi connectivity index (χ3n) is 3.04. The van der Waals surface area contributed by atoms with Crippen molar-refractivity contribution in [3.8, 4) is 10.4 Å². The van der Waals surface area contributed by atoms with Gasteiger partial charge in [0.05, 0.1) is 12.3 Å². The lowest BCUT2D eigenvalue weighted by Gasteiger charge is -2.05. The summed E-state index contributed by atoms with van der Waals surface area (Å²) in [5.41, 5.74) is 7.65. The van der Waals surface area contributed by atoms with E-state index >= 15 is 0 Å². The summed E-state index contributed by atoms with van der Waals surface area (Å²) >= 11 is 4.51. The lowest BCUT2D eigenvalue weighted by atomic mass is 10.1. The highest BCUT2D eigenvalue weighted by atomic mass is 79.9. The van der Waals surface area contributed by atoms with E-state index in [2.05, 4.69) is 15.9 Å². The van der Waals surface area contributed by atoms with Crippen molar-refractivity contribution >= 4 is 38.9 Å². The number of rotatable bonds is 4. The van der Waals surface area contributed by atoms with Crippen LogP contribution in [0.25, 0.3) is 10.4 Å². The molecule has 0 spiro atoms. The Morgan fingerprint density at radius 2 is 2.14 bits per heavy atom. The van der Waals surface area contributed by atoms with Crippen LogP contribution in [0.2, 0.25) is 0 Å². The molecule has 1 aromatic carbocycles. The van der Waals surface area contributed by atoms with Crippen LogP contribution in [0, 0.1) is 5.82 Å². The van der Waals surface area contributed by atoms with E-state index in [0.29, 0.717) is 27.4 Å². The van der Waals surface area contributed by atoms with Crippen molar-refractivity contribution in [1.82, 2.24) is 0 Å². The van der Waals surface area contributed by atoms with Gasteiger partial charge in [-0.3, -0.25) is 0 Å². The largest absolute Gasteiger partial charge is 0.462 e. The van der Waals surface area contributed by atoms with Gasteiger partial charge in [0.25, 0.3) is 0 Å². The van der Waals surface area contributed by atoms with Gasteiger partial charge in [0, 0.05) is 14.9 Å². The van der Waals surface area contributed by atoms with Gasteiger partial charge in [-0.1, -0.05) is 22.9 Å². The number of ether oxygens (including phenoxy) is 1. The summed E-state index contributed by atoms with van der Waals surface area (Å²) < 4.78 is 19.9. The molecule has 2 N–H and O–H groups in total. The maximum absolute atomic E-state index is 14.1. The van der Waals surface area contributed by atoms with Gasteiger partial charge in [-0.2, -0.15) is 0 Å². The molecule has 6 heteroatoms. The first-order chi connectivity index (χ1) is 9.99. The van der Waals surface area contributed by atoms with Gasteiger partial charge in [0.1, 0.15) is 10.7 Å². The van der Waals surface area contributed by atoms with E-state index in [0.717, 1.165) is 10.0 Å². The Kier molecular flexibility index (Phi) is 5.00. The maximum Gasteiger partial charge on any atom is 0.350 e. The van der Waals surface area contributed by atoms with Gasteiger partial charge >= 0.3 is 5.97 Å². The monoisotopic (exact) mass is 371 g/mol. The standard InChI is InChI=1S/C15H15BrFNO2S/c1-3-9-12(18)14(15(19)20-4-2)21-13(9)10-7-8(16)5-6-11(10)17/h5-7H,3-4,18H2,1-2H3. The molecule has 0 unspecified atom stereocenters. The van der Waals surface area contributed by atoms with Crippen LogP contribution in [-0.4, -0.2) is 12.6 Å². The minimum absolute atomic E-state index is 0.276. The van der Waals surface area contributed by atoms with Crippen LogP contribution in [0.3, 0.4) is 0 Å². The van der Waals surface area contributed by atoms with Gasteiger partial charge in [-0.05, 0) is 37.1 Å². The Morgan fingerprint density at radius 1 is 1.43 bits per heavy atom. The smallest absolute Gasteiger partial charge is 0.350 e. The molecule has 0 amide bonds. The van der Waals surface area contributed by atoms with E-state index in [4.69, 9.17) is 10.5 Å². The molecule has 0 aliphatic rings. The Bertz CT molecular complexity index is 685. The van der Waals surface area contributed by atoms with Crippen LogP contribution in [0.15, 0.2) is 22.7 Å². The zero-order chi connectivity index (χ0) is 15.6. The SMILES string of the molecule is CCOC(=O)c1sc(-c2cc(Br)ccc2F)c(CC)c1N. The lowest BCUT2D eigenvalue weighted by molar-refractivity contribution is 0.0533. The van der Waals surface area contributed by atoms with Crippen molar-refractivity contribution in [2.45, 2.75) is 20.3 Å². The molecule has 0 aliphatic carbocycles. The van der Waals surface area contributed by atoms with Crippen molar-refractivity contribution in [2.75, 3.05) is 12.3 Å². The highest BCUT2D eigenvalue weighted by Gasteiger charge is 2.23. The van der Waals surface area contributed by atoms with Gasteiger partial charge in [0.2, 0.25) is 0 Å². The molecule has 0 fully saturated rings. The van der Waals surface area contributed by atoms with E-state index in [1.807, 2.05) is 6.92 Å². The van der Waals surface area contributed by atoms with Crippen molar-refractivity contribution < 1.29 is 13.9 Å². The zero-order valence-corrected chi connectivity index (χ0v) is 14.1. The summed E-state index contributed by atoms with van der Waals surface area (Å²) in [6, 6.07) is 4.71. The molecule has 0 aliphatic heterocycles. The Labute approximate surface area is 135 Å². The number of carbonyl (C=O) groups excluding carboxylic acids is 1. The fraction of sp³-hybridized carbons (Fsp3) is 0.267. The summed E-state index contributed by atoms with van der Waals surface area (Å²) in [7, 11) is 0. The van der Waals surface area contributed by atoms with Crippen LogP contribution >= 0.6 is 27.3 Å². The molecule has 0 bridgehead atoms. The average molecular weight is 372 g/mol. The van der Waals surface area contributed by atoms with E-state index in [1.165, 1.54) is 17.4 Å². The predicted octanol–water partition coefficient (Wildman–Crippen LogP) is 4.64. The predicted molar refractivity (Wildman–Crippen MR) is 87.2 cm³/mol. The van der Waals surface area contributed by atoms with Crippen molar-refractivity contribution in [3.63, 3.8) is 0 Å². The number of halogens is 2. The number of nitrogens with two attached hydrogens (primary N) is 1. The fourth-order valence-electron chi connectivity index (χ4n) is 2.07. The van der Waals surface area contributed by atoms with E-state index in [9.17, 15) is 9.18 Å². The summed E-state index contributed by atoms with van der Waals surface area (Å²) in [4.78, 5) is 12.9. The molecule has 3 nitrogen and oxygen atoms in total. The molecular formula is C15H15BrFNO2S. The molecule has 2 rings (SSSR count). The quantitative estimate of drug-likeness (QED) is 0.796. The molecule has 0 saturated heterocycles. The number of benzene rings is 1. The summed E-state index contributed by atoms with van der Waals surface area (Å²) in [6.45, 7) is 3.93. The van der Waals surface area contributed by atoms with Crippen LogP contribution in [0.1, 0.15) is 29.1 Å². The van der Waals surface area contributed by atoms with Crippen LogP contribution < -0.4 is 5.73 Å². The Balaban J connectivity index is 2.61. The van der Waals surface area contributed by atoms with Gasteiger partial charge < -0.3 is 10.5 Å². The highest BCUT2D eigenvalue weighted by Crippen LogP contribution is 2.41.